The lowest BCUT2D eigenvalue weighted by molar-refractivity contribution is 0.513. The Morgan fingerprint density at radius 2 is 1.43 bits per heavy atom. The zero-order valence-electron chi connectivity index (χ0n) is 11.0. The quantitative estimate of drug-likeness (QED) is 0.724. The predicted molar refractivity (Wildman–Crippen MR) is 84.6 cm³/mol. The molecule has 0 heterocycles. The first-order chi connectivity index (χ1) is 10.2. The van der Waals surface area contributed by atoms with E-state index in [9.17, 15) is 8.42 Å². The molecule has 0 bridgehead atoms. The van der Waals surface area contributed by atoms with Crippen molar-refractivity contribution >= 4 is 33.1 Å². The topological polar surface area (TPSA) is 55.4 Å². The molecule has 5 heteroatoms. The fourth-order valence-corrected chi connectivity index (χ4v) is 2.54. The van der Waals surface area contributed by atoms with Gasteiger partial charge < -0.3 is 9.50 Å². The summed E-state index contributed by atoms with van der Waals surface area (Å²) in [4.78, 5) is 0. The molecule has 0 aliphatic carbocycles. The van der Waals surface area contributed by atoms with Gasteiger partial charge in [0, 0.05) is 22.1 Å². The highest BCUT2D eigenvalue weighted by Crippen LogP contribution is 2.33. The summed E-state index contributed by atoms with van der Waals surface area (Å²) in [5.41, 5.74) is 1.86. The largest absolute Gasteiger partial charge is 0.384 e. The van der Waals surface area contributed by atoms with E-state index in [4.69, 9.17) is 4.18 Å². The molecule has 0 saturated carbocycles. The van der Waals surface area contributed by atoms with Gasteiger partial charge in [-0.2, -0.15) is 8.42 Å². The van der Waals surface area contributed by atoms with Crippen LogP contribution in [0.1, 0.15) is 0 Å². The summed E-state index contributed by atoms with van der Waals surface area (Å²) in [7, 11) is -2.93. The molecule has 106 valence electrons. The van der Waals surface area contributed by atoms with Gasteiger partial charge in [-0.3, -0.25) is 0 Å². The number of benzene rings is 3. The third kappa shape index (κ3) is 2.98. The van der Waals surface area contributed by atoms with Crippen molar-refractivity contribution in [2.45, 2.75) is 0 Å². The summed E-state index contributed by atoms with van der Waals surface area (Å²) in [5.74, 6) is 0.334. The lowest BCUT2D eigenvalue weighted by Crippen LogP contribution is -1.95. The summed E-state index contributed by atoms with van der Waals surface area (Å²) in [6, 6.07) is 20.7. The molecule has 4 nitrogen and oxygen atoms in total. The molecule has 0 aliphatic heterocycles. The van der Waals surface area contributed by atoms with Gasteiger partial charge in [0.25, 0.3) is 11.0 Å². The van der Waals surface area contributed by atoms with Crippen LogP contribution in [0.3, 0.4) is 0 Å². The molecule has 0 fully saturated rings. The maximum atomic E-state index is 10.8. The Kier molecular flexibility index (Phi) is 3.75. The van der Waals surface area contributed by atoms with Crippen molar-refractivity contribution in [1.29, 1.82) is 0 Å². The second kappa shape index (κ2) is 5.85. The van der Waals surface area contributed by atoms with Crippen LogP contribution in [-0.4, -0.2) is 8.42 Å². The number of para-hydroxylation sites is 1. The van der Waals surface area contributed by atoms with Crippen LogP contribution < -0.4 is 9.50 Å². The lowest BCUT2D eigenvalue weighted by Gasteiger charge is -2.12. The van der Waals surface area contributed by atoms with E-state index >= 15 is 0 Å². The zero-order valence-corrected chi connectivity index (χ0v) is 11.9. The van der Waals surface area contributed by atoms with Crippen LogP contribution in [0.25, 0.3) is 10.8 Å². The average molecular weight is 299 g/mol. The Morgan fingerprint density at radius 1 is 0.762 bits per heavy atom. The Balaban J connectivity index is 2.08. The van der Waals surface area contributed by atoms with Gasteiger partial charge in [0.1, 0.15) is 5.75 Å². The van der Waals surface area contributed by atoms with Crippen LogP contribution in [0.5, 0.6) is 5.75 Å². The highest BCUT2D eigenvalue weighted by molar-refractivity contribution is 7.67. The molecular formula is C16H13NO3S. The summed E-state index contributed by atoms with van der Waals surface area (Å²) in [6.07, 6.45) is 0. The van der Waals surface area contributed by atoms with E-state index in [1.807, 2.05) is 60.7 Å². The minimum absolute atomic E-state index is 0.334. The normalized spacial score (nSPS) is 10.7. The number of fused-ring (bicyclic) bond motifs is 1. The molecule has 0 saturated heterocycles. The van der Waals surface area contributed by atoms with Crippen molar-refractivity contribution < 1.29 is 12.6 Å². The van der Waals surface area contributed by atoms with E-state index in [-0.39, 0.29) is 0 Å². The van der Waals surface area contributed by atoms with Gasteiger partial charge in [0.05, 0.1) is 0 Å². The number of hydrogen-bond acceptors (Lipinski definition) is 4. The Labute approximate surface area is 124 Å². The molecular weight excluding hydrogens is 286 g/mol. The van der Waals surface area contributed by atoms with Crippen LogP contribution in [0.2, 0.25) is 0 Å². The Bertz CT molecular complexity index is 837. The first kappa shape index (κ1) is 13.5. The van der Waals surface area contributed by atoms with Gasteiger partial charge in [-0.15, -0.1) is 0 Å². The average Bonchev–Trinajstić information content (AvgIpc) is 2.50. The SMILES string of the molecule is O=[SH](=O)Oc1ccc(Nc2ccccc2)c2ccccc12. The van der Waals surface area contributed by atoms with Crippen molar-refractivity contribution in [3.05, 3.63) is 66.7 Å². The second-order valence-electron chi connectivity index (χ2n) is 4.46. The molecule has 0 spiro atoms. The zero-order chi connectivity index (χ0) is 14.7. The van der Waals surface area contributed by atoms with Crippen molar-refractivity contribution in [2.24, 2.45) is 0 Å². The maximum Gasteiger partial charge on any atom is 0.299 e. The molecule has 3 aromatic carbocycles. The van der Waals surface area contributed by atoms with E-state index in [1.165, 1.54) is 0 Å². The first-order valence-electron chi connectivity index (χ1n) is 6.40. The molecule has 1 N–H and O–H groups in total. The molecule has 0 atom stereocenters. The highest BCUT2D eigenvalue weighted by Gasteiger charge is 2.07. The third-order valence-corrected chi connectivity index (χ3v) is 3.46. The number of anilines is 2. The van der Waals surface area contributed by atoms with E-state index < -0.39 is 11.0 Å². The maximum absolute atomic E-state index is 10.8. The highest BCUT2D eigenvalue weighted by atomic mass is 32.2. The number of rotatable bonds is 4. The Morgan fingerprint density at radius 3 is 2.14 bits per heavy atom. The van der Waals surface area contributed by atoms with Gasteiger partial charge in [-0.05, 0) is 24.3 Å². The predicted octanol–water partition coefficient (Wildman–Crippen LogP) is 3.49. The van der Waals surface area contributed by atoms with E-state index in [1.54, 1.807) is 6.07 Å². The monoisotopic (exact) mass is 299 g/mol. The van der Waals surface area contributed by atoms with E-state index in [2.05, 4.69) is 5.32 Å². The summed E-state index contributed by atoms with van der Waals surface area (Å²) < 4.78 is 26.4. The fourth-order valence-electron chi connectivity index (χ4n) is 2.22. The van der Waals surface area contributed by atoms with E-state index in [0.29, 0.717) is 5.75 Å². The van der Waals surface area contributed by atoms with Gasteiger partial charge >= 0.3 is 0 Å². The minimum atomic E-state index is -2.93. The van der Waals surface area contributed by atoms with Gasteiger partial charge in [0.15, 0.2) is 0 Å². The molecule has 3 aromatic rings. The molecule has 0 aliphatic rings. The summed E-state index contributed by atoms with van der Waals surface area (Å²) in [5, 5.41) is 4.97. The van der Waals surface area contributed by atoms with Crippen LogP contribution in [0.15, 0.2) is 66.7 Å². The summed E-state index contributed by atoms with van der Waals surface area (Å²) >= 11 is 0. The number of hydrogen-bond donors (Lipinski definition) is 2. The molecule has 21 heavy (non-hydrogen) atoms. The Hall–Kier alpha value is -2.53. The standard InChI is InChI=1S/C16H13NO3S/c18-21(19)20-16-11-10-15(13-8-4-5-9-14(13)16)17-12-6-2-1-3-7-12/h1-11,17,21H. The molecule has 3 rings (SSSR count). The first-order valence-corrected chi connectivity index (χ1v) is 7.50. The van der Waals surface area contributed by atoms with Gasteiger partial charge in [-0.1, -0.05) is 42.5 Å². The van der Waals surface area contributed by atoms with Crippen LogP contribution in [-0.2, 0) is 11.0 Å². The number of thiol groups is 1. The van der Waals surface area contributed by atoms with Crippen molar-refractivity contribution in [3.63, 3.8) is 0 Å². The van der Waals surface area contributed by atoms with Crippen molar-refractivity contribution in [2.75, 3.05) is 5.32 Å². The molecule has 0 radical (unpaired) electrons. The second-order valence-corrected chi connectivity index (χ2v) is 5.09. The lowest BCUT2D eigenvalue weighted by atomic mass is 10.1. The molecule has 0 aromatic heterocycles. The molecule has 0 amide bonds. The van der Waals surface area contributed by atoms with Gasteiger partial charge in [0.2, 0.25) is 0 Å². The number of nitrogens with one attached hydrogen (secondary N) is 1. The fraction of sp³-hybridized carbons (Fsp3) is 0. The minimum Gasteiger partial charge on any atom is -0.384 e. The van der Waals surface area contributed by atoms with Crippen molar-refractivity contribution in [3.8, 4) is 5.75 Å². The van der Waals surface area contributed by atoms with Gasteiger partial charge in [-0.25, -0.2) is 0 Å². The van der Waals surface area contributed by atoms with E-state index in [0.717, 1.165) is 22.1 Å². The molecule has 0 unspecified atom stereocenters. The van der Waals surface area contributed by atoms with Crippen LogP contribution >= 0.6 is 0 Å². The van der Waals surface area contributed by atoms with Crippen LogP contribution in [0.4, 0.5) is 11.4 Å². The summed E-state index contributed by atoms with van der Waals surface area (Å²) in [6.45, 7) is 0. The van der Waals surface area contributed by atoms with Crippen molar-refractivity contribution in [1.82, 2.24) is 0 Å². The van der Waals surface area contributed by atoms with Crippen LogP contribution in [0, 0.1) is 0 Å². The third-order valence-electron chi connectivity index (χ3n) is 3.11. The smallest absolute Gasteiger partial charge is 0.299 e.